The molecule has 0 aliphatic heterocycles. The van der Waals surface area contributed by atoms with Crippen LogP contribution in [0, 0.1) is 0 Å². The summed E-state index contributed by atoms with van der Waals surface area (Å²) >= 11 is 0. The number of phosphoric acid groups is 1. The van der Waals surface area contributed by atoms with E-state index in [0.717, 1.165) is 16.1 Å². The van der Waals surface area contributed by atoms with Crippen molar-refractivity contribution in [1.82, 2.24) is 0 Å². The van der Waals surface area contributed by atoms with E-state index in [1.807, 2.05) is 0 Å². The molecule has 0 rings (SSSR count). The highest BCUT2D eigenvalue weighted by molar-refractivity contribution is 7.43. The van der Waals surface area contributed by atoms with Crippen molar-refractivity contribution in [2.45, 2.75) is 142 Å². The van der Waals surface area contributed by atoms with Crippen LogP contribution in [0.3, 0.4) is 0 Å². The van der Waals surface area contributed by atoms with Crippen molar-refractivity contribution in [1.29, 1.82) is 0 Å². The first-order valence-electron chi connectivity index (χ1n) is 15.9. The first-order chi connectivity index (χ1) is 17.7. The molecule has 0 saturated carbocycles. The standard InChI is InChI=1S/2C15H34N.CH5O4P/c2*1-5-6-7-8-9-10-11-12-13-14-15-16(2,3)4;1-5-6(2,3)4/h2*5-15H2,1-4H3;1H3,(H2,2,3,4)/q2*+1;/p-2. The minimum Gasteiger partial charge on any atom is -0.790 e. The summed E-state index contributed by atoms with van der Waals surface area (Å²) in [5.74, 6) is 0. The fourth-order valence-electron chi connectivity index (χ4n) is 4.15. The lowest BCUT2D eigenvalue weighted by molar-refractivity contribution is -0.870. The molecule has 0 bridgehead atoms. The number of rotatable bonds is 23. The molecular weight excluding hydrogens is 495 g/mol. The Morgan fingerprint density at radius 3 is 0.816 bits per heavy atom. The molecule has 0 saturated heterocycles. The summed E-state index contributed by atoms with van der Waals surface area (Å²) in [6, 6.07) is 0. The Balaban J connectivity index is -0.000000532. The van der Waals surface area contributed by atoms with Gasteiger partial charge >= 0.3 is 0 Å². The maximum Gasteiger partial charge on any atom is 0.0780 e. The minimum atomic E-state index is -4.65. The summed E-state index contributed by atoms with van der Waals surface area (Å²) in [4.78, 5) is 18.5. The van der Waals surface area contributed by atoms with Gasteiger partial charge < -0.3 is 27.8 Å². The van der Waals surface area contributed by atoms with Crippen molar-refractivity contribution >= 4 is 7.82 Å². The van der Waals surface area contributed by atoms with Crippen LogP contribution in [0.1, 0.15) is 142 Å². The molecule has 0 radical (unpaired) electrons. The summed E-state index contributed by atoms with van der Waals surface area (Å²) in [6.07, 6.45) is 28.8. The molecular formula is C31H71N2O4P. The number of nitrogens with zero attached hydrogens (tertiary/aromatic N) is 2. The van der Waals surface area contributed by atoms with Gasteiger partial charge in [0.2, 0.25) is 0 Å². The van der Waals surface area contributed by atoms with Crippen molar-refractivity contribution in [2.24, 2.45) is 0 Å². The Bertz CT molecular complexity index is 465. The first-order valence-corrected chi connectivity index (χ1v) is 17.3. The third-order valence-corrected chi connectivity index (χ3v) is 7.04. The van der Waals surface area contributed by atoms with Gasteiger partial charge in [0.25, 0.3) is 0 Å². The normalized spacial score (nSPS) is 12.0. The SMILES string of the molecule is CCCCCCCCCCCC[N+](C)(C)C.CCCCCCCCCCCC[N+](C)(C)C.COP(=O)([O-])[O-]. The van der Waals surface area contributed by atoms with Gasteiger partial charge in [-0.3, -0.25) is 0 Å². The largest absolute Gasteiger partial charge is 0.790 e. The van der Waals surface area contributed by atoms with Gasteiger partial charge in [0.1, 0.15) is 0 Å². The van der Waals surface area contributed by atoms with Crippen LogP contribution in [0.25, 0.3) is 0 Å². The third kappa shape index (κ3) is 52.5. The van der Waals surface area contributed by atoms with Gasteiger partial charge in [-0.05, 0) is 25.7 Å². The Kier molecular flexibility index (Phi) is 31.9. The maximum atomic E-state index is 9.25. The van der Waals surface area contributed by atoms with E-state index in [4.69, 9.17) is 0 Å². The second-order valence-corrected chi connectivity index (χ2v) is 14.3. The second kappa shape index (κ2) is 28.6. The maximum absolute atomic E-state index is 9.25. The van der Waals surface area contributed by atoms with Crippen molar-refractivity contribution in [3.63, 3.8) is 0 Å². The van der Waals surface area contributed by atoms with E-state index in [1.54, 1.807) is 0 Å². The smallest absolute Gasteiger partial charge is 0.0780 e. The predicted molar refractivity (Wildman–Crippen MR) is 164 cm³/mol. The zero-order valence-corrected chi connectivity index (χ0v) is 28.4. The van der Waals surface area contributed by atoms with Crippen molar-refractivity contribution in [3.8, 4) is 0 Å². The van der Waals surface area contributed by atoms with E-state index in [1.165, 1.54) is 142 Å². The molecule has 0 aromatic heterocycles. The summed E-state index contributed by atoms with van der Waals surface area (Å²) < 4.78 is 14.9. The van der Waals surface area contributed by atoms with Gasteiger partial charge in [-0.15, -0.1) is 0 Å². The molecule has 38 heavy (non-hydrogen) atoms. The molecule has 0 unspecified atom stereocenters. The van der Waals surface area contributed by atoms with Crippen LogP contribution in [0.4, 0.5) is 0 Å². The van der Waals surface area contributed by atoms with Gasteiger partial charge in [-0.25, -0.2) is 0 Å². The number of unbranched alkanes of at least 4 members (excludes halogenated alkanes) is 18. The van der Waals surface area contributed by atoms with Gasteiger partial charge in [0.15, 0.2) is 0 Å². The predicted octanol–water partition coefficient (Wildman–Crippen LogP) is 7.69. The summed E-state index contributed by atoms with van der Waals surface area (Å²) in [5, 5.41) is 0. The zero-order chi connectivity index (χ0) is 29.8. The Morgan fingerprint density at radius 2 is 0.658 bits per heavy atom. The van der Waals surface area contributed by atoms with Crippen LogP contribution in [-0.4, -0.2) is 71.5 Å². The minimum absolute atomic E-state index is 0.820. The quantitative estimate of drug-likeness (QED) is 0.0722. The summed E-state index contributed by atoms with van der Waals surface area (Å²) in [7, 11) is 9.89. The molecule has 0 amide bonds. The fourth-order valence-corrected chi connectivity index (χ4v) is 4.15. The summed E-state index contributed by atoms with van der Waals surface area (Å²) in [5.41, 5.74) is 0. The molecule has 6 nitrogen and oxygen atoms in total. The van der Waals surface area contributed by atoms with Crippen molar-refractivity contribution in [3.05, 3.63) is 0 Å². The average Bonchev–Trinajstić information content (AvgIpc) is 2.80. The monoisotopic (exact) mass is 567 g/mol. The fraction of sp³-hybridized carbons (Fsp3) is 1.00. The van der Waals surface area contributed by atoms with Gasteiger partial charge in [-0.2, -0.15) is 0 Å². The van der Waals surface area contributed by atoms with E-state index in [9.17, 15) is 14.4 Å². The molecule has 234 valence electrons. The lowest BCUT2D eigenvalue weighted by Crippen LogP contribution is -2.35. The Labute approximate surface area is 240 Å². The molecule has 7 heteroatoms. The number of phosphoric ester groups is 1. The van der Waals surface area contributed by atoms with E-state index < -0.39 is 7.82 Å². The molecule has 0 atom stereocenters. The van der Waals surface area contributed by atoms with Crippen molar-refractivity contribution in [2.75, 3.05) is 62.5 Å². The lowest BCUT2D eigenvalue weighted by atomic mass is 10.1. The molecule has 0 fully saturated rings. The molecule has 0 aliphatic carbocycles. The zero-order valence-electron chi connectivity index (χ0n) is 27.5. The highest BCUT2D eigenvalue weighted by Gasteiger charge is 2.05. The van der Waals surface area contributed by atoms with Gasteiger partial charge in [0, 0.05) is 7.11 Å². The Hall–Kier alpha value is 0.0300. The lowest BCUT2D eigenvalue weighted by Gasteiger charge is -2.25. The average molecular weight is 567 g/mol. The van der Waals surface area contributed by atoms with Crippen LogP contribution in [-0.2, 0) is 9.09 Å². The van der Waals surface area contributed by atoms with Crippen molar-refractivity contribution < 1.29 is 27.8 Å². The summed E-state index contributed by atoms with van der Waals surface area (Å²) in [6.45, 7) is 7.23. The van der Waals surface area contributed by atoms with E-state index in [-0.39, 0.29) is 0 Å². The number of hydrogen-bond donors (Lipinski definition) is 0. The van der Waals surface area contributed by atoms with Crippen LogP contribution >= 0.6 is 7.82 Å². The van der Waals surface area contributed by atoms with Crippen LogP contribution in [0.5, 0.6) is 0 Å². The highest BCUT2D eigenvalue weighted by Crippen LogP contribution is 2.21. The van der Waals surface area contributed by atoms with Crippen LogP contribution < -0.4 is 9.79 Å². The van der Waals surface area contributed by atoms with Crippen LogP contribution in [0.15, 0.2) is 0 Å². The molecule has 0 N–H and O–H groups in total. The van der Waals surface area contributed by atoms with Gasteiger partial charge in [-0.1, -0.05) is 117 Å². The number of hydrogen-bond acceptors (Lipinski definition) is 4. The van der Waals surface area contributed by atoms with Crippen LogP contribution in [0.2, 0.25) is 0 Å². The third-order valence-electron chi connectivity index (χ3n) is 6.59. The van der Waals surface area contributed by atoms with E-state index in [0.29, 0.717) is 0 Å². The topological polar surface area (TPSA) is 72.4 Å². The number of quaternary nitrogens is 2. The van der Waals surface area contributed by atoms with E-state index in [2.05, 4.69) is 60.7 Å². The Morgan fingerprint density at radius 1 is 0.474 bits per heavy atom. The molecule has 0 aromatic rings. The first kappa shape index (κ1) is 42.5. The van der Waals surface area contributed by atoms with Gasteiger partial charge in [0.05, 0.1) is 63.2 Å². The highest BCUT2D eigenvalue weighted by atomic mass is 31.2. The molecule has 0 aromatic carbocycles. The molecule has 0 aliphatic rings. The second-order valence-electron chi connectivity index (χ2n) is 13.0. The molecule has 0 heterocycles. The van der Waals surface area contributed by atoms with E-state index >= 15 is 0 Å². The molecule has 0 spiro atoms.